The number of hydroxylamine groups is 2. The number of nitrogens with one attached hydrogen (secondary N) is 1. The molecular weight excluding hydrogens is 106 g/mol. The summed E-state index contributed by atoms with van der Waals surface area (Å²) in [6, 6.07) is 0.0903. The Morgan fingerprint density at radius 1 is 1.88 bits per heavy atom. The first-order chi connectivity index (χ1) is 3.84. The average Bonchev–Trinajstić information content (AvgIpc) is 1.79. The highest BCUT2D eigenvalue weighted by Gasteiger charge is 2.24. The van der Waals surface area contributed by atoms with E-state index < -0.39 is 0 Å². The van der Waals surface area contributed by atoms with E-state index in [-0.39, 0.29) is 11.1 Å². The van der Waals surface area contributed by atoms with E-state index in [4.69, 9.17) is 0 Å². The van der Waals surface area contributed by atoms with Gasteiger partial charge in [0.2, 0.25) is 0 Å². The van der Waals surface area contributed by atoms with Crippen molar-refractivity contribution in [1.82, 2.24) is 0 Å². The molecule has 0 spiro atoms. The summed E-state index contributed by atoms with van der Waals surface area (Å²) in [6.07, 6.45) is 2.19. The van der Waals surface area contributed by atoms with E-state index in [1.165, 1.54) is 0 Å². The lowest BCUT2D eigenvalue weighted by atomic mass is 10.0. The van der Waals surface area contributed by atoms with Crippen molar-refractivity contribution < 1.29 is 9.86 Å². The van der Waals surface area contributed by atoms with Crippen LogP contribution in [0.25, 0.3) is 0 Å². The molecule has 1 N–H and O–H groups in total. The number of quaternary nitrogens is 1. The fourth-order valence-corrected chi connectivity index (χ4v) is 0.832. The van der Waals surface area contributed by atoms with Gasteiger partial charge in [-0.25, -0.2) is 0 Å². The molecule has 0 saturated carbocycles. The van der Waals surface area contributed by atoms with Crippen molar-refractivity contribution >= 4 is 6.29 Å². The third-order valence-electron chi connectivity index (χ3n) is 1.58. The lowest BCUT2D eigenvalue weighted by molar-refractivity contribution is -0.919. The van der Waals surface area contributed by atoms with E-state index in [0.29, 0.717) is 13.0 Å². The molecule has 1 rings (SSSR count). The smallest absolute Gasteiger partial charge is 0.125 e. The minimum atomic E-state index is 0.0903. The van der Waals surface area contributed by atoms with E-state index in [1.54, 1.807) is 0 Å². The maximum absolute atomic E-state index is 10.5. The molecule has 3 nitrogen and oxygen atoms in total. The lowest BCUT2D eigenvalue weighted by Gasteiger charge is -2.39. The molecule has 0 aromatic rings. The van der Waals surface area contributed by atoms with E-state index >= 15 is 0 Å². The summed E-state index contributed by atoms with van der Waals surface area (Å²) in [6.45, 7) is 0.693. The van der Waals surface area contributed by atoms with Crippen LogP contribution in [0.5, 0.6) is 0 Å². The molecule has 0 bridgehead atoms. The molecule has 0 aromatic carbocycles. The number of hydrogen-bond acceptors (Lipinski definition) is 2. The first-order valence-electron chi connectivity index (χ1n) is 2.81. The molecule has 1 fully saturated rings. The van der Waals surface area contributed by atoms with Gasteiger partial charge in [-0.05, 0) is 0 Å². The molecule has 46 valence electrons. The molecule has 0 amide bonds. The predicted octanol–water partition coefficient (Wildman–Crippen LogP) is -1.27. The standard InChI is InChI=1S/C5H9NO2/c7-4-2-5-1-3-6(5)8/h4-6H,1-3H2. The van der Waals surface area contributed by atoms with E-state index in [0.717, 1.165) is 12.7 Å². The Morgan fingerprint density at radius 3 is 2.75 bits per heavy atom. The normalized spacial score (nSPS) is 36.1. The van der Waals surface area contributed by atoms with Crippen LogP contribution >= 0.6 is 0 Å². The largest absolute Gasteiger partial charge is 0.634 e. The summed E-state index contributed by atoms with van der Waals surface area (Å²) in [7, 11) is 0. The Bertz CT molecular complexity index is 94.4. The Hall–Kier alpha value is -0.410. The average molecular weight is 115 g/mol. The number of hydrogen-bond donors (Lipinski definition) is 1. The highest BCUT2D eigenvalue weighted by molar-refractivity contribution is 5.50. The van der Waals surface area contributed by atoms with Gasteiger partial charge in [0.05, 0.1) is 19.0 Å². The number of rotatable bonds is 2. The van der Waals surface area contributed by atoms with Crippen molar-refractivity contribution in [3.63, 3.8) is 0 Å². The van der Waals surface area contributed by atoms with Crippen LogP contribution in [0.1, 0.15) is 12.8 Å². The monoisotopic (exact) mass is 115 g/mol. The third-order valence-corrected chi connectivity index (χ3v) is 1.58. The minimum absolute atomic E-state index is 0.0903. The van der Waals surface area contributed by atoms with Crippen molar-refractivity contribution in [2.24, 2.45) is 0 Å². The van der Waals surface area contributed by atoms with Crippen LogP contribution in [0.3, 0.4) is 0 Å². The zero-order valence-electron chi connectivity index (χ0n) is 4.59. The summed E-state index contributed by atoms with van der Waals surface area (Å²) in [5, 5.41) is 10.7. The SMILES string of the molecule is O=CCC1CC[NH+]1[O-]. The molecule has 3 heteroatoms. The second kappa shape index (κ2) is 2.24. The minimum Gasteiger partial charge on any atom is -0.634 e. The van der Waals surface area contributed by atoms with Crippen molar-refractivity contribution in [2.75, 3.05) is 6.54 Å². The summed E-state index contributed by atoms with van der Waals surface area (Å²) in [4.78, 5) is 9.80. The van der Waals surface area contributed by atoms with Crippen LogP contribution in [0, 0.1) is 5.21 Å². The van der Waals surface area contributed by atoms with Gasteiger partial charge in [-0.1, -0.05) is 0 Å². The predicted molar refractivity (Wildman–Crippen MR) is 28.3 cm³/mol. The topological polar surface area (TPSA) is 44.6 Å². The summed E-state index contributed by atoms with van der Waals surface area (Å²) >= 11 is 0. The second-order valence-corrected chi connectivity index (χ2v) is 2.10. The van der Waals surface area contributed by atoms with Crippen LogP contribution < -0.4 is 5.06 Å². The van der Waals surface area contributed by atoms with Crippen LogP contribution in [-0.2, 0) is 4.79 Å². The van der Waals surface area contributed by atoms with Crippen molar-refractivity contribution in [1.29, 1.82) is 0 Å². The molecule has 1 heterocycles. The number of aldehydes is 1. The fourth-order valence-electron chi connectivity index (χ4n) is 0.832. The molecule has 0 radical (unpaired) electrons. The number of carbonyl (C=O) groups is 1. The van der Waals surface area contributed by atoms with Crippen molar-refractivity contribution in [3.05, 3.63) is 5.21 Å². The summed E-state index contributed by atoms with van der Waals surface area (Å²) < 4.78 is 0. The highest BCUT2D eigenvalue weighted by Crippen LogP contribution is 1.96. The van der Waals surface area contributed by atoms with Crippen molar-refractivity contribution in [2.45, 2.75) is 18.9 Å². The maximum Gasteiger partial charge on any atom is 0.125 e. The van der Waals surface area contributed by atoms with E-state index in [2.05, 4.69) is 0 Å². The molecule has 0 aliphatic carbocycles. The molecule has 1 saturated heterocycles. The Balaban J connectivity index is 2.16. The van der Waals surface area contributed by atoms with Crippen LogP contribution in [-0.4, -0.2) is 18.9 Å². The van der Waals surface area contributed by atoms with E-state index in [9.17, 15) is 10.0 Å². The first kappa shape index (κ1) is 5.72. The molecule has 1 aliphatic rings. The van der Waals surface area contributed by atoms with Crippen LogP contribution in [0.2, 0.25) is 0 Å². The molecular formula is C5H9NO2. The zero-order chi connectivity index (χ0) is 5.98. The third kappa shape index (κ3) is 0.877. The van der Waals surface area contributed by atoms with Crippen molar-refractivity contribution in [3.8, 4) is 0 Å². The van der Waals surface area contributed by atoms with E-state index in [1.807, 2.05) is 0 Å². The van der Waals surface area contributed by atoms with Gasteiger partial charge in [0.1, 0.15) is 6.29 Å². The van der Waals surface area contributed by atoms with Gasteiger partial charge in [0, 0.05) is 6.42 Å². The van der Waals surface area contributed by atoms with Gasteiger partial charge in [0.25, 0.3) is 0 Å². The molecule has 0 aromatic heterocycles. The molecule has 2 unspecified atom stereocenters. The fraction of sp³-hybridized carbons (Fsp3) is 0.800. The Labute approximate surface area is 47.9 Å². The maximum atomic E-state index is 10.5. The van der Waals surface area contributed by atoms with Crippen LogP contribution in [0.4, 0.5) is 0 Å². The molecule has 1 aliphatic heterocycles. The highest BCUT2D eigenvalue weighted by atomic mass is 16.5. The molecule has 8 heavy (non-hydrogen) atoms. The van der Waals surface area contributed by atoms with Gasteiger partial charge >= 0.3 is 0 Å². The lowest BCUT2D eigenvalue weighted by Crippen LogP contribution is -3.17. The quantitative estimate of drug-likeness (QED) is 0.360. The van der Waals surface area contributed by atoms with Gasteiger partial charge in [-0.15, -0.1) is 0 Å². The molecule has 2 atom stereocenters. The first-order valence-corrected chi connectivity index (χ1v) is 2.81. The van der Waals surface area contributed by atoms with Crippen LogP contribution in [0.15, 0.2) is 0 Å². The zero-order valence-corrected chi connectivity index (χ0v) is 4.59. The second-order valence-electron chi connectivity index (χ2n) is 2.10. The summed E-state index contributed by atoms with van der Waals surface area (Å²) in [5.41, 5.74) is 0. The van der Waals surface area contributed by atoms with Gasteiger partial charge in [-0.3, -0.25) is 0 Å². The van der Waals surface area contributed by atoms with Gasteiger partial charge in [0.15, 0.2) is 0 Å². The number of carbonyl (C=O) groups excluding carboxylic acids is 1. The van der Waals surface area contributed by atoms with Gasteiger partial charge < -0.3 is 15.1 Å². The van der Waals surface area contributed by atoms with Gasteiger partial charge in [-0.2, -0.15) is 0 Å². The summed E-state index contributed by atoms with van der Waals surface area (Å²) in [5.74, 6) is 0. The Kier molecular flexibility index (Phi) is 1.60. The Morgan fingerprint density at radius 2 is 2.62 bits per heavy atom.